The number of furan rings is 1. The number of ketones is 1. The zero-order valence-electron chi connectivity index (χ0n) is 19.5. The molecule has 0 saturated heterocycles. The molecule has 0 radical (unpaired) electrons. The van der Waals surface area contributed by atoms with Gasteiger partial charge < -0.3 is 19.2 Å². The minimum absolute atomic E-state index is 0.0476. The van der Waals surface area contributed by atoms with Gasteiger partial charge in [-0.1, -0.05) is 31.9 Å². The summed E-state index contributed by atoms with van der Waals surface area (Å²) in [6, 6.07) is 10.1. The van der Waals surface area contributed by atoms with Crippen LogP contribution in [0.3, 0.4) is 0 Å². The van der Waals surface area contributed by atoms with Crippen molar-refractivity contribution in [2.24, 2.45) is 0 Å². The predicted molar refractivity (Wildman–Crippen MR) is 129 cm³/mol. The Balaban J connectivity index is 1.73. The third kappa shape index (κ3) is 4.77. The molecule has 1 atom stereocenters. The summed E-state index contributed by atoms with van der Waals surface area (Å²) in [6.07, 6.45) is 4.65. The van der Waals surface area contributed by atoms with E-state index in [1.165, 1.54) is 22.5 Å². The molecule has 0 fully saturated rings. The number of carbonyl (C=O) groups excluding carboxylic acids is 2. The van der Waals surface area contributed by atoms with E-state index in [1.807, 2.05) is 31.2 Å². The number of aliphatic hydroxyl groups is 1. The molecule has 178 valence electrons. The largest absolute Gasteiger partial charge is 0.503 e. The molecule has 8 heteroatoms. The Morgan fingerprint density at radius 2 is 2.06 bits per heavy atom. The number of aryl methyl sites for hydroxylation is 2. The van der Waals surface area contributed by atoms with Crippen LogP contribution in [0.15, 0.2) is 58.4 Å². The van der Waals surface area contributed by atoms with Crippen molar-refractivity contribution in [2.45, 2.75) is 52.6 Å². The van der Waals surface area contributed by atoms with Crippen molar-refractivity contribution < 1.29 is 23.8 Å². The van der Waals surface area contributed by atoms with Gasteiger partial charge in [0, 0.05) is 0 Å². The van der Waals surface area contributed by atoms with Crippen LogP contribution in [0.1, 0.15) is 63.9 Å². The summed E-state index contributed by atoms with van der Waals surface area (Å²) in [4.78, 5) is 33.0. The first-order chi connectivity index (χ1) is 16.4. The zero-order chi connectivity index (χ0) is 24.2. The molecule has 0 saturated carbocycles. The number of aromatic nitrogens is 1. The van der Waals surface area contributed by atoms with E-state index in [0.29, 0.717) is 34.3 Å². The molecular formula is C26H28N2O5S. The number of carbonyl (C=O) groups is 2. The second-order valence-corrected chi connectivity index (χ2v) is 9.49. The van der Waals surface area contributed by atoms with E-state index in [2.05, 4.69) is 11.9 Å². The molecule has 1 aromatic carbocycles. The van der Waals surface area contributed by atoms with Gasteiger partial charge in [0.1, 0.15) is 11.5 Å². The smallest absolute Gasteiger partial charge is 0.290 e. The van der Waals surface area contributed by atoms with E-state index in [-0.39, 0.29) is 12.1 Å². The highest BCUT2D eigenvalue weighted by molar-refractivity contribution is 7.14. The van der Waals surface area contributed by atoms with Gasteiger partial charge in [-0.2, -0.15) is 0 Å². The molecular weight excluding hydrogens is 452 g/mol. The normalized spacial score (nSPS) is 15.9. The van der Waals surface area contributed by atoms with Gasteiger partial charge >= 0.3 is 0 Å². The molecule has 2 aromatic heterocycles. The topological polar surface area (TPSA) is 92.9 Å². The monoisotopic (exact) mass is 480 g/mol. The number of unbranched alkanes of at least 4 members (excludes halogenated alkanes) is 2. The van der Waals surface area contributed by atoms with E-state index in [1.54, 1.807) is 19.1 Å². The van der Waals surface area contributed by atoms with Crippen molar-refractivity contribution in [3.63, 3.8) is 0 Å². The number of nitrogens with zero attached hydrogens (tertiary/aromatic N) is 2. The summed E-state index contributed by atoms with van der Waals surface area (Å²) in [5.41, 5.74) is 1.31. The molecule has 4 rings (SSSR count). The fraction of sp³-hybridized carbons (Fsp3) is 0.346. The van der Waals surface area contributed by atoms with Gasteiger partial charge in [0.25, 0.3) is 5.91 Å². The summed E-state index contributed by atoms with van der Waals surface area (Å²) >= 11 is 1.26. The molecule has 1 unspecified atom stereocenters. The summed E-state index contributed by atoms with van der Waals surface area (Å²) in [6.45, 7) is 6.41. The molecule has 1 N–H and O–H groups in total. The van der Waals surface area contributed by atoms with Gasteiger partial charge in [-0.25, -0.2) is 4.98 Å². The lowest BCUT2D eigenvalue weighted by Gasteiger charge is -2.26. The van der Waals surface area contributed by atoms with Crippen LogP contribution < -0.4 is 4.74 Å². The molecule has 0 bridgehead atoms. The van der Waals surface area contributed by atoms with E-state index < -0.39 is 23.5 Å². The van der Waals surface area contributed by atoms with Crippen LogP contribution in [-0.4, -0.2) is 33.3 Å². The Morgan fingerprint density at radius 3 is 2.74 bits per heavy atom. The van der Waals surface area contributed by atoms with E-state index in [0.717, 1.165) is 24.3 Å². The predicted octanol–water partition coefficient (Wildman–Crippen LogP) is 5.70. The molecule has 3 aromatic rings. The zero-order valence-corrected chi connectivity index (χ0v) is 20.4. The summed E-state index contributed by atoms with van der Waals surface area (Å²) in [5.74, 6) is -0.340. The first-order valence-corrected chi connectivity index (χ1v) is 12.2. The number of Topliss-reactive ketones (excluding diaryl/α,β-unsaturated/α-hetero) is 1. The molecule has 0 spiro atoms. The van der Waals surface area contributed by atoms with Gasteiger partial charge in [-0.3, -0.25) is 9.59 Å². The van der Waals surface area contributed by atoms with Crippen LogP contribution in [-0.2, 0) is 11.3 Å². The Kier molecular flexibility index (Phi) is 7.17. The van der Waals surface area contributed by atoms with Crippen molar-refractivity contribution in [3.8, 4) is 5.75 Å². The SMILES string of the molecule is CCCCCOc1cccc(C2C(C(=O)c3sc(C)nc3C)=C(O)C(=O)N2Cc2ccco2)c1. The number of thiazole rings is 1. The van der Waals surface area contributed by atoms with Gasteiger partial charge in [-0.05, 0) is 50.1 Å². The van der Waals surface area contributed by atoms with Crippen LogP contribution in [0.25, 0.3) is 0 Å². The quantitative estimate of drug-likeness (QED) is 0.296. The van der Waals surface area contributed by atoms with E-state index in [9.17, 15) is 14.7 Å². The Hall–Kier alpha value is -3.39. The molecule has 34 heavy (non-hydrogen) atoms. The lowest BCUT2D eigenvalue weighted by atomic mass is 9.95. The maximum Gasteiger partial charge on any atom is 0.290 e. The number of benzene rings is 1. The minimum atomic E-state index is -0.786. The Morgan fingerprint density at radius 1 is 1.24 bits per heavy atom. The first-order valence-electron chi connectivity index (χ1n) is 11.4. The summed E-state index contributed by atoms with van der Waals surface area (Å²) in [5, 5.41) is 11.6. The van der Waals surface area contributed by atoms with Crippen molar-refractivity contribution >= 4 is 23.0 Å². The molecule has 7 nitrogen and oxygen atoms in total. The van der Waals surface area contributed by atoms with Crippen LogP contribution in [0.2, 0.25) is 0 Å². The number of hydrogen-bond acceptors (Lipinski definition) is 7. The second-order valence-electron chi connectivity index (χ2n) is 8.28. The van der Waals surface area contributed by atoms with E-state index in [4.69, 9.17) is 9.15 Å². The van der Waals surface area contributed by atoms with Crippen LogP contribution in [0, 0.1) is 13.8 Å². The highest BCUT2D eigenvalue weighted by atomic mass is 32.1. The summed E-state index contributed by atoms with van der Waals surface area (Å²) in [7, 11) is 0. The number of amides is 1. The number of rotatable bonds is 10. The fourth-order valence-corrected chi connectivity index (χ4v) is 5.02. The maximum atomic E-state index is 13.6. The van der Waals surface area contributed by atoms with Crippen molar-refractivity contribution in [3.05, 3.63) is 80.9 Å². The van der Waals surface area contributed by atoms with Crippen molar-refractivity contribution in [2.75, 3.05) is 6.61 Å². The molecule has 3 heterocycles. The Bertz CT molecular complexity index is 1210. The van der Waals surface area contributed by atoms with Gasteiger partial charge in [0.2, 0.25) is 5.78 Å². The van der Waals surface area contributed by atoms with Crippen LogP contribution in [0.4, 0.5) is 0 Å². The lowest BCUT2D eigenvalue weighted by molar-refractivity contribution is -0.130. The van der Waals surface area contributed by atoms with Gasteiger partial charge in [-0.15, -0.1) is 11.3 Å². The summed E-state index contributed by atoms with van der Waals surface area (Å²) < 4.78 is 11.4. The molecule has 1 aliphatic heterocycles. The lowest BCUT2D eigenvalue weighted by Crippen LogP contribution is -2.30. The van der Waals surface area contributed by atoms with Crippen LogP contribution in [0.5, 0.6) is 5.75 Å². The first kappa shape index (κ1) is 23.8. The average Bonchev–Trinajstić information content (AvgIpc) is 3.52. The third-order valence-corrected chi connectivity index (χ3v) is 6.83. The standard InChI is InChI=1S/C26H28N2O5S/c1-4-5-6-12-32-19-10-7-9-18(14-19)22-21(23(29)25-16(2)27-17(3)34-25)24(30)26(31)28(22)15-20-11-8-13-33-20/h7-11,13-14,22,30H,4-6,12,15H2,1-3H3. The third-order valence-electron chi connectivity index (χ3n) is 5.75. The average molecular weight is 481 g/mol. The molecule has 1 amide bonds. The highest BCUT2D eigenvalue weighted by Gasteiger charge is 2.44. The van der Waals surface area contributed by atoms with Crippen molar-refractivity contribution in [1.82, 2.24) is 9.88 Å². The molecule has 0 aliphatic carbocycles. The minimum Gasteiger partial charge on any atom is -0.503 e. The Labute approximate surface area is 202 Å². The van der Waals surface area contributed by atoms with Crippen molar-refractivity contribution in [1.29, 1.82) is 0 Å². The highest BCUT2D eigenvalue weighted by Crippen LogP contribution is 2.41. The second kappa shape index (κ2) is 10.3. The van der Waals surface area contributed by atoms with Gasteiger partial charge in [0.05, 0.1) is 46.6 Å². The van der Waals surface area contributed by atoms with E-state index >= 15 is 0 Å². The van der Waals surface area contributed by atoms with Gasteiger partial charge in [0.15, 0.2) is 5.76 Å². The fourth-order valence-electron chi connectivity index (χ4n) is 4.15. The number of ether oxygens (including phenoxy) is 1. The molecule has 1 aliphatic rings. The number of hydrogen-bond donors (Lipinski definition) is 1. The maximum absolute atomic E-state index is 13.6. The van der Waals surface area contributed by atoms with Crippen LogP contribution >= 0.6 is 11.3 Å². The number of aliphatic hydroxyl groups excluding tert-OH is 1.